The lowest BCUT2D eigenvalue weighted by Gasteiger charge is -2.35. The minimum Gasteiger partial charge on any atom is -0.378 e. The van der Waals surface area contributed by atoms with Gasteiger partial charge in [0, 0.05) is 18.7 Å². The number of anilines is 1. The van der Waals surface area contributed by atoms with Gasteiger partial charge < -0.3 is 10.1 Å². The molecule has 0 aliphatic heterocycles. The normalized spacial score (nSPS) is 21.8. The zero-order valence-electron chi connectivity index (χ0n) is 10.4. The molecule has 1 aliphatic rings. The highest BCUT2D eigenvalue weighted by atomic mass is 35.5. The standard InChI is InChI=1S/C12H14Cl2N2O3/c1-2-19-8-3-7(4-8)15-11-5-9(13)10(14)6-12(11)16(17)18/h5-8,15H,2-4H2,1H3. The van der Waals surface area contributed by atoms with Gasteiger partial charge in [0.2, 0.25) is 0 Å². The average Bonchev–Trinajstić information content (AvgIpc) is 2.30. The van der Waals surface area contributed by atoms with Crippen molar-refractivity contribution in [2.24, 2.45) is 0 Å². The molecule has 19 heavy (non-hydrogen) atoms. The molecule has 1 aromatic rings. The summed E-state index contributed by atoms with van der Waals surface area (Å²) in [5.41, 5.74) is 0.341. The number of nitro groups is 1. The van der Waals surface area contributed by atoms with Gasteiger partial charge >= 0.3 is 0 Å². The van der Waals surface area contributed by atoms with Gasteiger partial charge in [-0.1, -0.05) is 23.2 Å². The van der Waals surface area contributed by atoms with Crippen molar-refractivity contribution < 1.29 is 9.66 Å². The summed E-state index contributed by atoms with van der Waals surface area (Å²) >= 11 is 11.7. The Hall–Kier alpha value is -1.04. The van der Waals surface area contributed by atoms with Crippen molar-refractivity contribution >= 4 is 34.6 Å². The number of nitro benzene ring substituents is 1. The Bertz CT molecular complexity index is 490. The molecule has 1 aromatic carbocycles. The molecule has 7 heteroatoms. The summed E-state index contributed by atoms with van der Waals surface area (Å²) in [6.07, 6.45) is 1.92. The van der Waals surface area contributed by atoms with E-state index in [1.165, 1.54) is 12.1 Å². The molecule has 0 amide bonds. The second-order valence-electron chi connectivity index (χ2n) is 4.43. The fourth-order valence-electron chi connectivity index (χ4n) is 2.08. The van der Waals surface area contributed by atoms with Crippen LogP contribution in [0.2, 0.25) is 10.0 Å². The van der Waals surface area contributed by atoms with E-state index in [9.17, 15) is 10.1 Å². The van der Waals surface area contributed by atoms with Crippen LogP contribution in [0.1, 0.15) is 19.8 Å². The van der Waals surface area contributed by atoms with E-state index in [4.69, 9.17) is 27.9 Å². The van der Waals surface area contributed by atoms with E-state index in [1.54, 1.807) is 0 Å². The Morgan fingerprint density at radius 2 is 2.05 bits per heavy atom. The number of ether oxygens (including phenoxy) is 1. The predicted octanol–water partition coefficient (Wildman–Crippen LogP) is 3.88. The lowest BCUT2D eigenvalue weighted by Crippen LogP contribution is -2.40. The third-order valence-electron chi connectivity index (χ3n) is 3.09. The first kappa shape index (κ1) is 14.4. The molecule has 0 spiro atoms. The Morgan fingerprint density at radius 3 is 2.63 bits per heavy atom. The number of nitrogens with zero attached hydrogens (tertiary/aromatic N) is 1. The SMILES string of the molecule is CCOC1CC(Nc2cc(Cl)c(Cl)cc2[N+](=O)[O-])C1. The van der Waals surface area contributed by atoms with Crippen molar-refractivity contribution in [1.82, 2.24) is 0 Å². The lowest BCUT2D eigenvalue weighted by atomic mass is 9.89. The maximum atomic E-state index is 11.0. The van der Waals surface area contributed by atoms with Crippen LogP contribution in [0.25, 0.3) is 0 Å². The molecule has 1 saturated carbocycles. The Labute approximate surface area is 121 Å². The van der Waals surface area contributed by atoms with E-state index >= 15 is 0 Å². The minimum atomic E-state index is -0.469. The van der Waals surface area contributed by atoms with E-state index in [0.29, 0.717) is 17.3 Å². The molecule has 0 aromatic heterocycles. The highest BCUT2D eigenvalue weighted by Gasteiger charge is 2.31. The minimum absolute atomic E-state index is 0.0609. The van der Waals surface area contributed by atoms with Crippen molar-refractivity contribution in [2.75, 3.05) is 11.9 Å². The van der Waals surface area contributed by atoms with Gasteiger partial charge in [-0.25, -0.2) is 0 Å². The summed E-state index contributed by atoms with van der Waals surface area (Å²) in [6, 6.07) is 2.94. The first-order valence-electron chi connectivity index (χ1n) is 6.02. The summed E-state index contributed by atoms with van der Waals surface area (Å²) in [6.45, 7) is 2.63. The average molecular weight is 305 g/mol. The molecule has 0 bridgehead atoms. The molecular weight excluding hydrogens is 291 g/mol. The first-order chi connectivity index (χ1) is 9.01. The third-order valence-corrected chi connectivity index (χ3v) is 3.81. The van der Waals surface area contributed by atoms with Crippen LogP contribution < -0.4 is 5.32 Å². The number of benzene rings is 1. The zero-order valence-corrected chi connectivity index (χ0v) is 11.9. The second-order valence-corrected chi connectivity index (χ2v) is 5.24. The second kappa shape index (κ2) is 5.94. The molecule has 1 aliphatic carbocycles. The summed E-state index contributed by atoms with van der Waals surface area (Å²) in [7, 11) is 0. The fourth-order valence-corrected chi connectivity index (χ4v) is 2.40. The molecule has 5 nitrogen and oxygen atoms in total. The molecule has 0 saturated heterocycles. The van der Waals surface area contributed by atoms with Gasteiger partial charge in [0.25, 0.3) is 5.69 Å². The van der Waals surface area contributed by atoms with E-state index in [-0.39, 0.29) is 22.9 Å². The van der Waals surface area contributed by atoms with Crippen LogP contribution in [0.3, 0.4) is 0 Å². The third kappa shape index (κ3) is 3.29. The lowest BCUT2D eigenvalue weighted by molar-refractivity contribution is -0.384. The summed E-state index contributed by atoms with van der Waals surface area (Å²) < 4.78 is 5.45. The van der Waals surface area contributed by atoms with Crippen molar-refractivity contribution in [3.63, 3.8) is 0 Å². The highest BCUT2D eigenvalue weighted by molar-refractivity contribution is 6.42. The summed E-state index contributed by atoms with van der Waals surface area (Å²) in [4.78, 5) is 10.5. The van der Waals surface area contributed by atoms with Gasteiger partial charge in [-0.3, -0.25) is 10.1 Å². The highest BCUT2D eigenvalue weighted by Crippen LogP contribution is 2.36. The Balaban J connectivity index is 2.08. The molecule has 1 fully saturated rings. The Kier molecular flexibility index (Phi) is 4.50. The Morgan fingerprint density at radius 1 is 1.42 bits per heavy atom. The van der Waals surface area contributed by atoms with Gasteiger partial charge in [-0.05, 0) is 25.8 Å². The number of hydrogen-bond acceptors (Lipinski definition) is 4. The van der Waals surface area contributed by atoms with Crippen LogP contribution in [0.5, 0.6) is 0 Å². The van der Waals surface area contributed by atoms with Gasteiger partial charge in [0.05, 0.1) is 21.1 Å². The monoisotopic (exact) mass is 304 g/mol. The quantitative estimate of drug-likeness (QED) is 0.662. The molecule has 0 atom stereocenters. The van der Waals surface area contributed by atoms with Crippen molar-refractivity contribution in [1.29, 1.82) is 0 Å². The van der Waals surface area contributed by atoms with E-state index < -0.39 is 4.92 Å². The maximum absolute atomic E-state index is 11.0. The van der Waals surface area contributed by atoms with Crippen molar-refractivity contribution in [3.8, 4) is 0 Å². The van der Waals surface area contributed by atoms with Crippen LogP contribution in [0, 0.1) is 10.1 Å². The number of rotatable bonds is 5. The molecule has 0 unspecified atom stereocenters. The zero-order chi connectivity index (χ0) is 14.0. The number of hydrogen-bond donors (Lipinski definition) is 1. The number of nitrogens with one attached hydrogen (secondary N) is 1. The van der Waals surface area contributed by atoms with Crippen molar-refractivity contribution in [2.45, 2.75) is 31.9 Å². The maximum Gasteiger partial charge on any atom is 0.293 e. The van der Waals surface area contributed by atoms with Crippen LogP contribution in [0.4, 0.5) is 11.4 Å². The fraction of sp³-hybridized carbons (Fsp3) is 0.500. The van der Waals surface area contributed by atoms with Gasteiger partial charge in [0.1, 0.15) is 5.69 Å². The van der Waals surface area contributed by atoms with Crippen LogP contribution >= 0.6 is 23.2 Å². The molecule has 0 radical (unpaired) electrons. The van der Waals surface area contributed by atoms with Crippen LogP contribution in [-0.2, 0) is 4.74 Å². The van der Waals surface area contributed by atoms with Crippen LogP contribution in [-0.4, -0.2) is 23.7 Å². The van der Waals surface area contributed by atoms with E-state index in [0.717, 1.165) is 12.8 Å². The van der Waals surface area contributed by atoms with Gasteiger partial charge in [0.15, 0.2) is 0 Å². The van der Waals surface area contributed by atoms with Gasteiger partial charge in [-0.15, -0.1) is 0 Å². The predicted molar refractivity (Wildman–Crippen MR) is 75.2 cm³/mol. The molecule has 2 rings (SSSR count). The van der Waals surface area contributed by atoms with Crippen molar-refractivity contribution in [3.05, 3.63) is 32.3 Å². The molecular formula is C12H14Cl2N2O3. The first-order valence-corrected chi connectivity index (χ1v) is 6.78. The smallest absolute Gasteiger partial charge is 0.293 e. The summed E-state index contributed by atoms with van der Waals surface area (Å²) in [5.74, 6) is 0. The number of halogens is 2. The summed E-state index contributed by atoms with van der Waals surface area (Å²) in [5, 5.41) is 14.6. The largest absolute Gasteiger partial charge is 0.378 e. The van der Waals surface area contributed by atoms with Crippen LogP contribution in [0.15, 0.2) is 12.1 Å². The van der Waals surface area contributed by atoms with E-state index in [1.807, 2.05) is 6.92 Å². The van der Waals surface area contributed by atoms with Gasteiger partial charge in [-0.2, -0.15) is 0 Å². The van der Waals surface area contributed by atoms with E-state index in [2.05, 4.69) is 5.32 Å². The molecule has 104 valence electrons. The topological polar surface area (TPSA) is 64.4 Å². The molecule has 1 N–H and O–H groups in total. The molecule has 0 heterocycles.